The Morgan fingerprint density at radius 1 is 1.55 bits per heavy atom. The molecule has 0 aliphatic rings. The number of aromatic amines is 1. The smallest absolute Gasteiger partial charge is 0.139 e. The third-order valence-corrected chi connectivity index (χ3v) is 1.78. The number of halogens is 1. The molecule has 3 nitrogen and oxygen atoms in total. The summed E-state index contributed by atoms with van der Waals surface area (Å²) in [5.41, 5.74) is 0.688. The Labute approximate surface area is 67.6 Å². The van der Waals surface area contributed by atoms with E-state index in [0.29, 0.717) is 10.7 Å². The quantitative estimate of drug-likeness (QED) is 0.632. The number of rotatable bonds is 0. The topological polar surface area (TPSA) is 48.9 Å². The Hall–Kier alpha value is -1.22. The highest BCUT2D eigenvalue weighted by Crippen LogP contribution is 2.23. The lowest BCUT2D eigenvalue weighted by Crippen LogP contribution is -1.73. The van der Waals surface area contributed by atoms with Crippen LogP contribution in [0.5, 0.6) is 5.75 Å². The molecular weight excluding hydrogens is 164 g/mol. The Morgan fingerprint density at radius 2 is 2.36 bits per heavy atom. The lowest BCUT2D eigenvalue weighted by molar-refractivity contribution is 0.474. The predicted molar refractivity (Wildman–Crippen MR) is 42.8 cm³/mol. The summed E-state index contributed by atoms with van der Waals surface area (Å²) >= 11 is 5.76. The number of aromatic hydroxyl groups is 1. The van der Waals surface area contributed by atoms with E-state index in [1.54, 1.807) is 12.3 Å². The molecule has 4 heteroatoms. The van der Waals surface area contributed by atoms with Crippen molar-refractivity contribution in [2.45, 2.75) is 0 Å². The summed E-state index contributed by atoms with van der Waals surface area (Å²) in [4.78, 5) is 6.77. The number of hydrogen-bond donors (Lipinski definition) is 2. The molecule has 2 heterocycles. The summed E-state index contributed by atoms with van der Waals surface area (Å²) in [7, 11) is 0. The average molecular weight is 169 g/mol. The molecule has 0 fully saturated rings. The van der Waals surface area contributed by atoms with Crippen LogP contribution in [0.2, 0.25) is 5.02 Å². The van der Waals surface area contributed by atoms with Crippen LogP contribution in [-0.2, 0) is 0 Å². The van der Waals surface area contributed by atoms with Crippen LogP contribution in [0.1, 0.15) is 0 Å². The van der Waals surface area contributed by atoms with Crippen molar-refractivity contribution < 1.29 is 5.11 Å². The van der Waals surface area contributed by atoms with Crippen LogP contribution >= 0.6 is 11.6 Å². The van der Waals surface area contributed by atoms with Crippen LogP contribution in [0.3, 0.4) is 0 Å². The van der Waals surface area contributed by atoms with Crippen LogP contribution in [0.4, 0.5) is 0 Å². The van der Waals surface area contributed by atoms with E-state index in [9.17, 15) is 0 Å². The van der Waals surface area contributed by atoms with Gasteiger partial charge in [-0.05, 0) is 6.07 Å². The summed E-state index contributed by atoms with van der Waals surface area (Å²) in [6.45, 7) is 0. The minimum absolute atomic E-state index is 0.124. The van der Waals surface area contributed by atoms with Crippen LogP contribution in [0.25, 0.3) is 11.0 Å². The van der Waals surface area contributed by atoms with Gasteiger partial charge in [0.1, 0.15) is 11.4 Å². The molecule has 0 bridgehead atoms. The van der Waals surface area contributed by atoms with Gasteiger partial charge in [0.2, 0.25) is 0 Å². The van der Waals surface area contributed by atoms with Crippen LogP contribution in [-0.4, -0.2) is 15.1 Å². The van der Waals surface area contributed by atoms with Gasteiger partial charge in [0, 0.05) is 11.6 Å². The Morgan fingerprint density at radius 3 is 3.18 bits per heavy atom. The average Bonchev–Trinajstić information content (AvgIpc) is 2.33. The van der Waals surface area contributed by atoms with Crippen molar-refractivity contribution in [1.29, 1.82) is 0 Å². The fourth-order valence-corrected chi connectivity index (χ4v) is 1.16. The number of aromatic nitrogens is 2. The monoisotopic (exact) mass is 168 g/mol. The predicted octanol–water partition coefficient (Wildman–Crippen LogP) is 1.92. The molecule has 2 aromatic heterocycles. The first kappa shape index (κ1) is 6.49. The standard InChI is InChI=1S/C7H5ClN2O/c8-6-3-10-7-5(6)1-4(11)2-9-7/h1-3,11H,(H,9,10). The largest absolute Gasteiger partial charge is 0.506 e. The van der Waals surface area contributed by atoms with Gasteiger partial charge in [0.05, 0.1) is 11.2 Å². The van der Waals surface area contributed by atoms with Crippen molar-refractivity contribution in [3.8, 4) is 5.75 Å². The maximum absolute atomic E-state index is 9.04. The lowest BCUT2D eigenvalue weighted by Gasteiger charge is -1.90. The number of fused-ring (bicyclic) bond motifs is 1. The maximum atomic E-state index is 9.04. The molecule has 0 saturated heterocycles. The molecule has 56 valence electrons. The van der Waals surface area contributed by atoms with Gasteiger partial charge in [-0.2, -0.15) is 0 Å². The molecule has 0 unspecified atom stereocenters. The van der Waals surface area contributed by atoms with E-state index in [0.717, 1.165) is 5.39 Å². The van der Waals surface area contributed by atoms with Crippen LogP contribution in [0, 0.1) is 0 Å². The fraction of sp³-hybridized carbons (Fsp3) is 0. The van der Waals surface area contributed by atoms with Crippen molar-refractivity contribution in [1.82, 2.24) is 9.97 Å². The molecule has 0 aliphatic carbocycles. The van der Waals surface area contributed by atoms with Crippen LogP contribution < -0.4 is 0 Å². The van der Waals surface area contributed by atoms with Gasteiger partial charge in [-0.1, -0.05) is 11.6 Å². The lowest BCUT2D eigenvalue weighted by atomic mass is 10.3. The van der Waals surface area contributed by atoms with Gasteiger partial charge in [0.25, 0.3) is 0 Å². The number of H-pyrrole nitrogens is 1. The number of nitrogens with zero attached hydrogens (tertiary/aromatic N) is 1. The molecule has 11 heavy (non-hydrogen) atoms. The number of pyridine rings is 1. The van der Waals surface area contributed by atoms with Crippen molar-refractivity contribution in [3.05, 3.63) is 23.5 Å². The fourth-order valence-electron chi connectivity index (χ4n) is 0.960. The summed E-state index contributed by atoms with van der Waals surface area (Å²) < 4.78 is 0. The van der Waals surface area contributed by atoms with Gasteiger partial charge in [0.15, 0.2) is 0 Å². The molecule has 0 saturated carbocycles. The Kier molecular flexibility index (Phi) is 1.26. The van der Waals surface area contributed by atoms with Crippen molar-refractivity contribution in [3.63, 3.8) is 0 Å². The number of hydrogen-bond acceptors (Lipinski definition) is 2. The second kappa shape index (κ2) is 2.13. The third kappa shape index (κ3) is 0.935. The molecule has 2 N–H and O–H groups in total. The highest BCUT2D eigenvalue weighted by atomic mass is 35.5. The molecule has 0 spiro atoms. The van der Waals surface area contributed by atoms with E-state index in [-0.39, 0.29) is 5.75 Å². The minimum Gasteiger partial charge on any atom is -0.506 e. The summed E-state index contributed by atoms with van der Waals surface area (Å²) in [6.07, 6.45) is 3.01. The Bertz CT molecular complexity index is 396. The zero-order valence-corrected chi connectivity index (χ0v) is 6.26. The van der Waals surface area contributed by atoms with E-state index >= 15 is 0 Å². The molecule has 2 aromatic rings. The van der Waals surface area contributed by atoms with Gasteiger partial charge in [-0.25, -0.2) is 4.98 Å². The summed E-state index contributed by atoms with van der Waals surface area (Å²) in [6, 6.07) is 1.57. The van der Waals surface area contributed by atoms with Crippen molar-refractivity contribution in [2.75, 3.05) is 0 Å². The second-order valence-electron chi connectivity index (χ2n) is 2.23. The van der Waals surface area contributed by atoms with Gasteiger partial charge in [-0.15, -0.1) is 0 Å². The van der Waals surface area contributed by atoms with E-state index in [4.69, 9.17) is 16.7 Å². The van der Waals surface area contributed by atoms with E-state index in [2.05, 4.69) is 9.97 Å². The van der Waals surface area contributed by atoms with Crippen molar-refractivity contribution in [2.24, 2.45) is 0 Å². The van der Waals surface area contributed by atoms with E-state index in [1.165, 1.54) is 6.20 Å². The molecule has 0 aromatic carbocycles. The SMILES string of the molecule is Oc1cnc2[nH]cc(Cl)c2c1. The molecule has 2 rings (SSSR count). The maximum Gasteiger partial charge on any atom is 0.139 e. The summed E-state index contributed by atoms with van der Waals surface area (Å²) in [5.74, 6) is 0.124. The zero-order valence-electron chi connectivity index (χ0n) is 5.50. The highest BCUT2D eigenvalue weighted by molar-refractivity contribution is 6.35. The first-order valence-electron chi connectivity index (χ1n) is 3.09. The molecule has 0 radical (unpaired) electrons. The molecule has 0 amide bonds. The van der Waals surface area contributed by atoms with E-state index in [1.807, 2.05) is 0 Å². The van der Waals surface area contributed by atoms with Gasteiger partial charge in [-0.3, -0.25) is 0 Å². The van der Waals surface area contributed by atoms with Gasteiger partial charge >= 0.3 is 0 Å². The Balaban J connectivity index is 2.87. The normalized spacial score (nSPS) is 10.6. The van der Waals surface area contributed by atoms with Crippen molar-refractivity contribution >= 4 is 22.6 Å². The summed E-state index contributed by atoms with van der Waals surface area (Å²) in [5, 5.41) is 10.4. The van der Waals surface area contributed by atoms with Gasteiger partial charge < -0.3 is 10.1 Å². The van der Waals surface area contributed by atoms with E-state index < -0.39 is 0 Å². The van der Waals surface area contributed by atoms with Crippen LogP contribution in [0.15, 0.2) is 18.5 Å². The first-order valence-corrected chi connectivity index (χ1v) is 3.47. The first-order chi connectivity index (χ1) is 5.27. The molecule has 0 aliphatic heterocycles. The third-order valence-electron chi connectivity index (χ3n) is 1.47. The second-order valence-corrected chi connectivity index (χ2v) is 2.63. The zero-order chi connectivity index (χ0) is 7.84. The molecule has 0 atom stereocenters. The highest BCUT2D eigenvalue weighted by Gasteiger charge is 2.01. The number of nitrogens with one attached hydrogen (secondary N) is 1. The molecular formula is C7H5ClN2O. The minimum atomic E-state index is 0.124.